The maximum atomic E-state index is 12.1. The molecule has 0 bridgehead atoms. The lowest BCUT2D eigenvalue weighted by molar-refractivity contribution is -0.130. The van der Waals surface area contributed by atoms with E-state index in [1.807, 2.05) is 0 Å². The van der Waals surface area contributed by atoms with Crippen molar-refractivity contribution in [3.8, 4) is 0 Å². The summed E-state index contributed by atoms with van der Waals surface area (Å²) in [5, 5.41) is -4.03. The summed E-state index contributed by atoms with van der Waals surface area (Å²) < 4.78 is 43.9. The summed E-state index contributed by atoms with van der Waals surface area (Å²) in [4.78, 5) is 10.6. The third kappa shape index (κ3) is 4.13. The first-order chi connectivity index (χ1) is 5.75. The topological polar surface area (TPSA) is 52.6 Å². The summed E-state index contributed by atoms with van der Waals surface area (Å²) in [5.74, 6) is -1.69. The minimum absolute atomic E-state index is 0.990. The zero-order valence-corrected chi connectivity index (χ0v) is 8.57. The second-order valence-corrected chi connectivity index (χ2v) is 4.80. The Morgan fingerprint density at radius 1 is 1.46 bits per heavy atom. The number of hydrogen-bond donors (Lipinski definition) is 0. The molecular formula is C5H8ClF2O4P. The van der Waals surface area contributed by atoms with Gasteiger partial charge in [0.1, 0.15) is 6.16 Å². The molecule has 0 radical (unpaired) electrons. The van der Waals surface area contributed by atoms with E-state index in [-0.39, 0.29) is 0 Å². The van der Waals surface area contributed by atoms with Gasteiger partial charge >= 0.3 is 13.0 Å². The first-order valence-electron chi connectivity index (χ1n) is 3.06. The van der Waals surface area contributed by atoms with Gasteiger partial charge < -0.3 is 9.05 Å². The minimum Gasteiger partial charge on any atom is -0.312 e. The van der Waals surface area contributed by atoms with Crippen molar-refractivity contribution in [2.24, 2.45) is 0 Å². The van der Waals surface area contributed by atoms with Crippen LogP contribution in [0.3, 0.4) is 0 Å². The van der Waals surface area contributed by atoms with E-state index in [0.29, 0.717) is 0 Å². The number of rotatable bonds is 5. The van der Waals surface area contributed by atoms with Crippen molar-refractivity contribution >= 4 is 25.0 Å². The van der Waals surface area contributed by atoms with Gasteiger partial charge in [0.2, 0.25) is 5.78 Å². The van der Waals surface area contributed by atoms with Crippen LogP contribution < -0.4 is 0 Å². The first-order valence-corrected chi connectivity index (χ1v) is 5.16. The van der Waals surface area contributed by atoms with E-state index in [0.717, 1.165) is 14.2 Å². The molecule has 0 aliphatic carbocycles. The Bertz CT molecular complexity index is 231. The molecule has 0 saturated carbocycles. The molecule has 0 rings (SSSR count). The quantitative estimate of drug-likeness (QED) is 0.540. The number of halogens is 3. The van der Waals surface area contributed by atoms with Crippen molar-refractivity contribution in [1.29, 1.82) is 0 Å². The molecule has 4 nitrogen and oxygen atoms in total. The summed E-state index contributed by atoms with van der Waals surface area (Å²) in [6.07, 6.45) is -1.05. The monoisotopic (exact) mass is 236 g/mol. The van der Waals surface area contributed by atoms with Crippen molar-refractivity contribution in [3.63, 3.8) is 0 Å². The average molecular weight is 237 g/mol. The molecule has 8 heteroatoms. The predicted octanol–water partition coefficient (Wildman–Crippen LogP) is 1.87. The third-order valence-corrected chi connectivity index (χ3v) is 3.21. The molecule has 0 heterocycles. The van der Waals surface area contributed by atoms with Gasteiger partial charge in [-0.3, -0.25) is 9.36 Å². The van der Waals surface area contributed by atoms with Gasteiger partial charge in [-0.05, 0) is 11.6 Å². The molecule has 0 aliphatic rings. The number of ketones is 1. The fourth-order valence-corrected chi connectivity index (χ4v) is 1.59. The van der Waals surface area contributed by atoms with Crippen LogP contribution in [0, 0.1) is 0 Å². The predicted molar refractivity (Wildman–Crippen MR) is 42.3 cm³/mol. The molecule has 0 aromatic carbocycles. The maximum Gasteiger partial charge on any atom is 0.381 e. The largest absolute Gasteiger partial charge is 0.381 e. The fraction of sp³-hybridized carbons (Fsp3) is 0.800. The first kappa shape index (κ1) is 13.0. The van der Waals surface area contributed by atoms with Crippen LogP contribution in [0.15, 0.2) is 0 Å². The Morgan fingerprint density at radius 2 is 1.85 bits per heavy atom. The number of carbonyl (C=O) groups excluding carboxylic acids is 1. The lowest BCUT2D eigenvalue weighted by Gasteiger charge is -2.13. The van der Waals surface area contributed by atoms with Crippen molar-refractivity contribution in [2.75, 3.05) is 20.4 Å². The van der Waals surface area contributed by atoms with E-state index in [9.17, 15) is 18.1 Å². The third-order valence-electron chi connectivity index (χ3n) is 1.21. The smallest absolute Gasteiger partial charge is 0.312 e. The van der Waals surface area contributed by atoms with Gasteiger partial charge in [0.05, 0.1) is 0 Å². The van der Waals surface area contributed by atoms with Crippen molar-refractivity contribution in [2.45, 2.75) is 5.38 Å². The molecule has 0 N–H and O–H groups in total. The molecule has 0 unspecified atom stereocenters. The molecule has 78 valence electrons. The molecular weight excluding hydrogens is 228 g/mol. The van der Waals surface area contributed by atoms with Crippen LogP contribution in [0.2, 0.25) is 0 Å². The lowest BCUT2D eigenvalue weighted by Crippen LogP contribution is -2.25. The molecule has 0 saturated heterocycles. The zero-order valence-electron chi connectivity index (χ0n) is 6.92. The summed E-state index contributed by atoms with van der Waals surface area (Å²) >= 11 is 4.39. The highest BCUT2D eigenvalue weighted by atomic mass is 35.5. The fourth-order valence-electron chi connectivity index (χ4n) is 0.469. The highest BCUT2D eigenvalue weighted by Crippen LogP contribution is 2.47. The summed E-state index contributed by atoms with van der Waals surface area (Å²) in [6, 6.07) is 0. The van der Waals surface area contributed by atoms with Gasteiger partial charge in [0.25, 0.3) is 0 Å². The molecule has 0 amide bonds. The van der Waals surface area contributed by atoms with Gasteiger partial charge in [-0.25, -0.2) is 0 Å². The Balaban J connectivity index is 4.45. The van der Waals surface area contributed by atoms with Gasteiger partial charge in [-0.1, -0.05) is 0 Å². The van der Waals surface area contributed by atoms with E-state index in [1.54, 1.807) is 0 Å². The van der Waals surface area contributed by atoms with Crippen molar-refractivity contribution < 1.29 is 27.2 Å². The van der Waals surface area contributed by atoms with Crippen molar-refractivity contribution in [1.82, 2.24) is 0 Å². The normalized spacial score (nSPS) is 13.0. The van der Waals surface area contributed by atoms with Crippen molar-refractivity contribution in [3.05, 3.63) is 0 Å². The lowest BCUT2D eigenvalue weighted by atomic mass is 10.5. The second kappa shape index (κ2) is 4.46. The Labute approximate surface area is 78.7 Å². The summed E-state index contributed by atoms with van der Waals surface area (Å²) in [5.41, 5.74) is 0. The number of carbonyl (C=O) groups is 1. The standard InChI is InChI=1S/C5H8ClF2O4P/c1-11-13(10,12-2)3-4(9)5(6,7)8/h3H2,1-2H3. The Kier molecular flexibility index (Phi) is 4.45. The van der Waals surface area contributed by atoms with Crippen LogP contribution in [0.4, 0.5) is 8.78 Å². The molecule has 0 spiro atoms. The molecule has 0 fully saturated rings. The molecule has 0 aliphatic heterocycles. The summed E-state index contributed by atoms with van der Waals surface area (Å²) in [6.45, 7) is 0. The van der Waals surface area contributed by atoms with E-state index in [4.69, 9.17) is 0 Å². The van der Waals surface area contributed by atoms with E-state index in [2.05, 4.69) is 20.6 Å². The Hall–Kier alpha value is -0.0300. The van der Waals surface area contributed by atoms with Crippen LogP contribution in [-0.4, -0.2) is 31.5 Å². The van der Waals surface area contributed by atoms with E-state index >= 15 is 0 Å². The van der Waals surface area contributed by atoms with E-state index in [1.165, 1.54) is 0 Å². The van der Waals surface area contributed by atoms with Gasteiger partial charge in [0.15, 0.2) is 0 Å². The van der Waals surface area contributed by atoms with Crippen LogP contribution in [0.5, 0.6) is 0 Å². The van der Waals surface area contributed by atoms with Gasteiger partial charge in [0, 0.05) is 14.2 Å². The maximum absolute atomic E-state index is 12.1. The van der Waals surface area contributed by atoms with Crippen LogP contribution in [0.1, 0.15) is 0 Å². The molecule has 0 atom stereocenters. The number of Topliss-reactive ketones (excluding diaryl/α,β-unsaturated/α-hetero) is 1. The van der Waals surface area contributed by atoms with E-state index < -0.39 is 24.9 Å². The average Bonchev–Trinajstić information content (AvgIpc) is 2.02. The van der Waals surface area contributed by atoms with Crippen LogP contribution in [0.25, 0.3) is 0 Å². The summed E-state index contributed by atoms with van der Waals surface area (Å²) in [7, 11) is -1.77. The van der Waals surface area contributed by atoms with Crippen LogP contribution in [-0.2, 0) is 18.4 Å². The number of hydrogen-bond acceptors (Lipinski definition) is 4. The highest BCUT2D eigenvalue weighted by Gasteiger charge is 2.40. The molecule has 0 aromatic rings. The molecule has 0 aromatic heterocycles. The SMILES string of the molecule is COP(=O)(CC(=O)C(F)(F)Cl)OC. The highest BCUT2D eigenvalue weighted by molar-refractivity contribution is 7.54. The zero-order chi connectivity index (χ0) is 10.7. The number of alkyl halides is 3. The van der Waals surface area contributed by atoms with Gasteiger partial charge in [-0.15, -0.1) is 0 Å². The molecule has 13 heavy (non-hydrogen) atoms. The van der Waals surface area contributed by atoms with Gasteiger partial charge in [-0.2, -0.15) is 8.78 Å². The second-order valence-electron chi connectivity index (χ2n) is 2.06. The van der Waals surface area contributed by atoms with Crippen LogP contribution >= 0.6 is 19.2 Å². The Morgan fingerprint density at radius 3 is 2.08 bits per heavy atom. The minimum atomic E-state index is -4.03.